The van der Waals surface area contributed by atoms with Gasteiger partial charge >= 0.3 is 0 Å². The maximum Gasteiger partial charge on any atom is 0.255 e. The number of aryl methyl sites for hydroxylation is 1. The van der Waals surface area contributed by atoms with Crippen LogP contribution in [0.2, 0.25) is 0 Å². The minimum absolute atomic E-state index is 0.252. The Labute approximate surface area is 170 Å². The Kier molecular flexibility index (Phi) is 6.25. The number of amides is 1. The van der Waals surface area contributed by atoms with Crippen LogP contribution in [0.1, 0.15) is 61.4 Å². The zero-order valence-corrected chi connectivity index (χ0v) is 17.8. The molecule has 3 saturated heterocycles. The summed E-state index contributed by atoms with van der Waals surface area (Å²) in [6, 6.07) is 6.44. The number of rotatable bonds is 4. The van der Waals surface area contributed by atoms with Gasteiger partial charge in [-0.1, -0.05) is 18.6 Å². The third-order valence-corrected chi connectivity index (χ3v) is 7.03. The summed E-state index contributed by atoms with van der Waals surface area (Å²) in [7, 11) is 0. The molecule has 3 aliphatic rings. The van der Waals surface area contributed by atoms with E-state index in [4.69, 9.17) is 0 Å². The minimum atomic E-state index is 0.252. The van der Waals surface area contributed by atoms with Crippen LogP contribution in [-0.4, -0.2) is 61.5 Å². The van der Waals surface area contributed by atoms with Gasteiger partial charge in [0.05, 0.1) is 5.56 Å². The van der Waals surface area contributed by atoms with Gasteiger partial charge in [0, 0.05) is 38.4 Å². The third-order valence-electron chi connectivity index (χ3n) is 7.03. The van der Waals surface area contributed by atoms with Gasteiger partial charge < -0.3 is 14.7 Å². The summed E-state index contributed by atoms with van der Waals surface area (Å²) < 4.78 is 0. The van der Waals surface area contributed by atoms with E-state index in [1.54, 1.807) is 0 Å². The first-order valence-electron chi connectivity index (χ1n) is 11.5. The summed E-state index contributed by atoms with van der Waals surface area (Å²) in [5.41, 5.74) is 3.26. The summed E-state index contributed by atoms with van der Waals surface area (Å²) in [5.74, 6) is 1.76. The fourth-order valence-corrected chi connectivity index (χ4v) is 5.23. The standard InChI is InChI=1S/C24H37N3O/c1-19-9-14-25(15-10-19)17-21-6-5-13-27(18-21)24(28)22-16-20(2)7-8-23(22)26-11-3-4-12-26/h7-8,16,19,21H,3-6,9-15,17-18H2,1-2H3. The van der Waals surface area contributed by atoms with Crippen LogP contribution in [0, 0.1) is 18.8 Å². The molecule has 0 spiro atoms. The number of nitrogens with zero attached hydrogens (tertiary/aromatic N) is 3. The van der Waals surface area contributed by atoms with Crippen LogP contribution in [0.5, 0.6) is 0 Å². The first-order valence-corrected chi connectivity index (χ1v) is 11.5. The number of carbonyl (C=O) groups excluding carboxylic acids is 1. The minimum Gasteiger partial charge on any atom is -0.371 e. The topological polar surface area (TPSA) is 26.8 Å². The maximum absolute atomic E-state index is 13.5. The van der Waals surface area contributed by atoms with Crippen molar-refractivity contribution in [2.75, 3.05) is 50.7 Å². The normalized spacial score (nSPS) is 24.7. The summed E-state index contributed by atoms with van der Waals surface area (Å²) in [5, 5.41) is 0. The van der Waals surface area contributed by atoms with Crippen molar-refractivity contribution in [3.05, 3.63) is 29.3 Å². The molecule has 0 saturated carbocycles. The number of anilines is 1. The fraction of sp³-hybridized carbons (Fsp3) is 0.708. The number of carbonyl (C=O) groups is 1. The van der Waals surface area contributed by atoms with E-state index in [0.717, 1.165) is 49.8 Å². The second-order valence-corrected chi connectivity index (χ2v) is 9.46. The smallest absolute Gasteiger partial charge is 0.255 e. The predicted octanol–water partition coefficient (Wildman–Crippen LogP) is 4.18. The highest BCUT2D eigenvalue weighted by Gasteiger charge is 2.29. The lowest BCUT2D eigenvalue weighted by molar-refractivity contribution is 0.0622. The van der Waals surface area contributed by atoms with Crippen molar-refractivity contribution in [1.29, 1.82) is 0 Å². The third kappa shape index (κ3) is 4.53. The van der Waals surface area contributed by atoms with Gasteiger partial charge in [-0.25, -0.2) is 0 Å². The van der Waals surface area contributed by atoms with Crippen LogP contribution in [-0.2, 0) is 0 Å². The molecule has 3 aliphatic heterocycles. The lowest BCUT2D eigenvalue weighted by Crippen LogP contribution is -2.45. The van der Waals surface area contributed by atoms with Crippen molar-refractivity contribution < 1.29 is 4.79 Å². The Hall–Kier alpha value is -1.55. The molecule has 0 aliphatic carbocycles. The molecule has 1 aromatic carbocycles. The Balaban J connectivity index is 1.43. The summed E-state index contributed by atoms with van der Waals surface area (Å²) in [6.07, 6.45) is 7.55. The highest BCUT2D eigenvalue weighted by atomic mass is 16.2. The molecule has 1 atom stereocenters. The molecular weight excluding hydrogens is 346 g/mol. The molecule has 0 radical (unpaired) electrons. The summed E-state index contributed by atoms with van der Waals surface area (Å²) in [4.78, 5) is 20.7. The quantitative estimate of drug-likeness (QED) is 0.780. The van der Waals surface area contributed by atoms with Gasteiger partial charge in [0.25, 0.3) is 5.91 Å². The number of likely N-dealkylation sites (tertiary alicyclic amines) is 2. The Morgan fingerprint density at radius 1 is 1.00 bits per heavy atom. The van der Waals surface area contributed by atoms with E-state index in [1.165, 1.54) is 57.3 Å². The Morgan fingerprint density at radius 3 is 2.50 bits per heavy atom. The van der Waals surface area contributed by atoms with E-state index in [-0.39, 0.29) is 5.91 Å². The van der Waals surface area contributed by atoms with Crippen molar-refractivity contribution in [1.82, 2.24) is 9.80 Å². The average molecular weight is 384 g/mol. The van der Waals surface area contributed by atoms with Crippen molar-refractivity contribution >= 4 is 11.6 Å². The van der Waals surface area contributed by atoms with E-state index >= 15 is 0 Å². The largest absolute Gasteiger partial charge is 0.371 e. The molecular formula is C24H37N3O. The van der Waals surface area contributed by atoms with Crippen LogP contribution >= 0.6 is 0 Å². The zero-order valence-electron chi connectivity index (χ0n) is 17.8. The fourth-order valence-electron chi connectivity index (χ4n) is 5.23. The van der Waals surface area contributed by atoms with Crippen LogP contribution in [0.15, 0.2) is 18.2 Å². The molecule has 3 heterocycles. The zero-order chi connectivity index (χ0) is 19.5. The van der Waals surface area contributed by atoms with Gasteiger partial charge in [0.2, 0.25) is 0 Å². The van der Waals surface area contributed by atoms with E-state index in [1.807, 2.05) is 0 Å². The first kappa shape index (κ1) is 19.8. The predicted molar refractivity (Wildman–Crippen MR) is 116 cm³/mol. The second kappa shape index (κ2) is 8.86. The van der Waals surface area contributed by atoms with Crippen LogP contribution in [0.4, 0.5) is 5.69 Å². The van der Waals surface area contributed by atoms with Crippen molar-refractivity contribution in [2.24, 2.45) is 11.8 Å². The molecule has 0 bridgehead atoms. The van der Waals surface area contributed by atoms with Gasteiger partial charge in [-0.3, -0.25) is 4.79 Å². The second-order valence-electron chi connectivity index (χ2n) is 9.46. The molecule has 0 N–H and O–H groups in total. The van der Waals surface area contributed by atoms with Gasteiger partial charge in [-0.2, -0.15) is 0 Å². The number of piperidine rings is 2. The Bertz CT molecular complexity index is 674. The number of benzene rings is 1. The molecule has 4 nitrogen and oxygen atoms in total. The maximum atomic E-state index is 13.5. The van der Waals surface area contributed by atoms with E-state index in [2.05, 4.69) is 46.7 Å². The molecule has 1 amide bonds. The first-order chi connectivity index (χ1) is 13.6. The average Bonchev–Trinajstić information content (AvgIpc) is 3.24. The van der Waals surface area contributed by atoms with Crippen molar-refractivity contribution in [2.45, 2.75) is 52.4 Å². The van der Waals surface area contributed by atoms with Crippen LogP contribution in [0.3, 0.4) is 0 Å². The van der Waals surface area contributed by atoms with Crippen LogP contribution in [0.25, 0.3) is 0 Å². The highest BCUT2D eigenvalue weighted by Crippen LogP contribution is 2.29. The molecule has 0 aromatic heterocycles. The SMILES string of the molecule is Cc1ccc(N2CCCC2)c(C(=O)N2CCCC(CN3CCC(C)CC3)C2)c1. The molecule has 154 valence electrons. The van der Waals surface area contributed by atoms with Gasteiger partial charge in [0.1, 0.15) is 0 Å². The lowest BCUT2D eigenvalue weighted by atomic mass is 9.94. The van der Waals surface area contributed by atoms with E-state index in [0.29, 0.717) is 5.92 Å². The lowest BCUT2D eigenvalue weighted by Gasteiger charge is -2.38. The summed E-state index contributed by atoms with van der Waals surface area (Å²) >= 11 is 0. The van der Waals surface area contributed by atoms with E-state index in [9.17, 15) is 4.79 Å². The van der Waals surface area contributed by atoms with Gasteiger partial charge in [-0.05, 0) is 82.5 Å². The molecule has 3 fully saturated rings. The highest BCUT2D eigenvalue weighted by molar-refractivity contribution is 6.00. The molecule has 4 rings (SSSR count). The number of hydrogen-bond donors (Lipinski definition) is 0. The molecule has 28 heavy (non-hydrogen) atoms. The monoisotopic (exact) mass is 383 g/mol. The number of hydrogen-bond acceptors (Lipinski definition) is 3. The van der Waals surface area contributed by atoms with Crippen molar-refractivity contribution in [3.8, 4) is 0 Å². The van der Waals surface area contributed by atoms with Gasteiger partial charge in [-0.15, -0.1) is 0 Å². The molecule has 1 aromatic rings. The molecule has 4 heteroatoms. The Morgan fingerprint density at radius 2 is 1.75 bits per heavy atom. The van der Waals surface area contributed by atoms with Crippen molar-refractivity contribution in [3.63, 3.8) is 0 Å². The van der Waals surface area contributed by atoms with Crippen LogP contribution < -0.4 is 4.90 Å². The molecule has 1 unspecified atom stereocenters. The van der Waals surface area contributed by atoms with E-state index < -0.39 is 0 Å². The van der Waals surface area contributed by atoms with Gasteiger partial charge in [0.15, 0.2) is 0 Å². The summed E-state index contributed by atoms with van der Waals surface area (Å²) in [6.45, 7) is 12.1.